The zero-order valence-electron chi connectivity index (χ0n) is 14.5. The van der Waals surface area contributed by atoms with E-state index in [9.17, 15) is 17.2 Å². The molecule has 29 heavy (non-hydrogen) atoms. The molecule has 0 bridgehead atoms. The molecule has 0 saturated heterocycles. The number of aromatic nitrogens is 1. The molecule has 3 nitrogen and oxygen atoms in total. The Labute approximate surface area is 175 Å². The number of sulfone groups is 1. The normalized spacial score (nSPS) is 11.7. The number of halogens is 4. The minimum absolute atomic E-state index is 0.0264. The summed E-state index contributed by atoms with van der Waals surface area (Å²) in [6.07, 6.45) is 1.09. The van der Waals surface area contributed by atoms with Crippen molar-refractivity contribution < 1.29 is 17.2 Å². The average molecular weight is 450 g/mol. The standard InChI is InChI=1S/C21H11Cl2F2NO2S/c22-13-4-1-3-12(9-13)20-15-5-2-6-18(25)21(15)26-11-19(20)29(27,28)14-7-8-17(24)16(23)10-14/h1-11H. The quantitative estimate of drug-likeness (QED) is 0.343. The minimum Gasteiger partial charge on any atom is -0.252 e. The molecule has 0 aliphatic carbocycles. The highest BCUT2D eigenvalue weighted by atomic mass is 35.5. The first kappa shape index (κ1) is 19.8. The molecular formula is C21H11Cl2F2NO2S. The fourth-order valence-corrected chi connectivity index (χ4v) is 4.98. The Kier molecular flexibility index (Phi) is 5.02. The van der Waals surface area contributed by atoms with Crippen molar-refractivity contribution in [3.05, 3.63) is 88.5 Å². The van der Waals surface area contributed by atoms with Crippen molar-refractivity contribution >= 4 is 43.9 Å². The second kappa shape index (κ2) is 7.37. The van der Waals surface area contributed by atoms with Gasteiger partial charge >= 0.3 is 0 Å². The number of para-hydroxylation sites is 1. The van der Waals surface area contributed by atoms with Crippen molar-refractivity contribution in [3.8, 4) is 11.1 Å². The van der Waals surface area contributed by atoms with Crippen LogP contribution in [0.25, 0.3) is 22.0 Å². The summed E-state index contributed by atoms with van der Waals surface area (Å²) in [5, 5.41) is 0.369. The lowest BCUT2D eigenvalue weighted by molar-refractivity contribution is 0.594. The third-order valence-electron chi connectivity index (χ3n) is 4.42. The van der Waals surface area contributed by atoms with E-state index in [0.717, 1.165) is 24.4 Å². The highest BCUT2D eigenvalue weighted by Crippen LogP contribution is 2.38. The van der Waals surface area contributed by atoms with Crippen LogP contribution >= 0.6 is 23.2 Å². The van der Waals surface area contributed by atoms with Gasteiger partial charge in [0.25, 0.3) is 0 Å². The van der Waals surface area contributed by atoms with Crippen LogP contribution in [0.3, 0.4) is 0 Å². The third-order valence-corrected chi connectivity index (χ3v) is 6.71. The molecule has 0 fully saturated rings. The number of fused-ring (bicyclic) bond motifs is 1. The number of benzene rings is 3. The Balaban J connectivity index is 2.09. The summed E-state index contributed by atoms with van der Waals surface area (Å²) >= 11 is 11.9. The second-order valence-corrected chi connectivity index (χ2v) is 8.98. The van der Waals surface area contributed by atoms with E-state index in [-0.39, 0.29) is 25.9 Å². The minimum atomic E-state index is -4.15. The summed E-state index contributed by atoms with van der Waals surface area (Å²) in [5.41, 5.74) is 0.748. The van der Waals surface area contributed by atoms with Gasteiger partial charge in [0.15, 0.2) is 0 Å². The predicted octanol–water partition coefficient (Wildman–Crippen LogP) is 6.32. The van der Waals surface area contributed by atoms with E-state index in [1.807, 2.05) is 0 Å². The van der Waals surface area contributed by atoms with Crippen LogP contribution in [0.5, 0.6) is 0 Å². The summed E-state index contributed by atoms with van der Waals surface area (Å²) in [5.74, 6) is -1.32. The molecule has 0 aliphatic rings. The lowest BCUT2D eigenvalue weighted by Crippen LogP contribution is -2.06. The number of nitrogens with zero attached hydrogens (tertiary/aromatic N) is 1. The molecule has 0 N–H and O–H groups in total. The van der Waals surface area contributed by atoms with Crippen molar-refractivity contribution in [3.63, 3.8) is 0 Å². The summed E-state index contributed by atoms with van der Waals surface area (Å²) < 4.78 is 54.6. The average Bonchev–Trinajstić information content (AvgIpc) is 2.69. The molecule has 0 atom stereocenters. The summed E-state index contributed by atoms with van der Waals surface area (Å²) in [6, 6.07) is 14.0. The van der Waals surface area contributed by atoms with Gasteiger partial charge in [-0.25, -0.2) is 17.2 Å². The fourth-order valence-electron chi connectivity index (χ4n) is 3.09. The molecule has 0 amide bonds. The molecular weight excluding hydrogens is 439 g/mol. The molecule has 0 radical (unpaired) electrons. The molecule has 0 saturated carbocycles. The first-order valence-electron chi connectivity index (χ1n) is 8.32. The SMILES string of the molecule is O=S(=O)(c1ccc(F)c(Cl)c1)c1cnc2c(F)cccc2c1-c1cccc(Cl)c1. The smallest absolute Gasteiger partial charge is 0.208 e. The second-order valence-electron chi connectivity index (χ2n) is 6.22. The maximum atomic E-state index is 14.3. The largest absolute Gasteiger partial charge is 0.252 e. The molecule has 1 heterocycles. The van der Waals surface area contributed by atoms with Gasteiger partial charge in [0.1, 0.15) is 17.2 Å². The van der Waals surface area contributed by atoms with Gasteiger partial charge in [-0.05, 0) is 42.0 Å². The monoisotopic (exact) mass is 449 g/mol. The number of hydrogen-bond donors (Lipinski definition) is 0. The summed E-state index contributed by atoms with van der Waals surface area (Å²) in [7, 11) is -4.15. The van der Waals surface area contributed by atoms with Gasteiger partial charge in [0, 0.05) is 22.2 Å². The number of rotatable bonds is 3. The predicted molar refractivity (Wildman–Crippen MR) is 109 cm³/mol. The number of hydrogen-bond acceptors (Lipinski definition) is 3. The van der Waals surface area contributed by atoms with E-state index < -0.39 is 21.5 Å². The van der Waals surface area contributed by atoms with Crippen LogP contribution in [0, 0.1) is 11.6 Å². The Hall–Kier alpha value is -2.54. The van der Waals surface area contributed by atoms with Gasteiger partial charge in [0.05, 0.1) is 14.8 Å². The van der Waals surface area contributed by atoms with Crippen molar-refractivity contribution in [2.24, 2.45) is 0 Å². The van der Waals surface area contributed by atoms with Gasteiger partial charge < -0.3 is 0 Å². The highest BCUT2D eigenvalue weighted by Gasteiger charge is 2.26. The van der Waals surface area contributed by atoms with E-state index in [1.54, 1.807) is 30.3 Å². The van der Waals surface area contributed by atoms with Crippen LogP contribution < -0.4 is 0 Å². The molecule has 8 heteroatoms. The van der Waals surface area contributed by atoms with Crippen molar-refractivity contribution in [2.75, 3.05) is 0 Å². The first-order valence-corrected chi connectivity index (χ1v) is 10.6. The Morgan fingerprint density at radius 3 is 2.34 bits per heavy atom. The van der Waals surface area contributed by atoms with E-state index in [4.69, 9.17) is 23.2 Å². The maximum Gasteiger partial charge on any atom is 0.208 e. The van der Waals surface area contributed by atoms with Crippen LogP contribution in [0.15, 0.2) is 76.7 Å². The Morgan fingerprint density at radius 2 is 1.62 bits per heavy atom. The number of pyridine rings is 1. The van der Waals surface area contributed by atoms with Crippen molar-refractivity contribution in [1.82, 2.24) is 4.98 Å². The van der Waals surface area contributed by atoms with E-state index >= 15 is 0 Å². The van der Waals surface area contributed by atoms with Crippen LogP contribution in [-0.2, 0) is 9.84 Å². The molecule has 146 valence electrons. The van der Waals surface area contributed by atoms with E-state index in [0.29, 0.717) is 16.0 Å². The zero-order chi connectivity index (χ0) is 20.8. The molecule has 4 aromatic rings. The molecule has 0 spiro atoms. The first-order chi connectivity index (χ1) is 13.8. The lowest BCUT2D eigenvalue weighted by Gasteiger charge is -2.14. The van der Waals surface area contributed by atoms with Gasteiger partial charge in [-0.3, -0.25) is 4.98 Å². The van der Waals surface area contributed by atoms with E-state index in [1.165, 1.54) is 12.1 Å². The fraction of sp³-hybridized carbons (Fsp3) is 0. The van der Waals surface area contributed by atoms with Gasteiger partial charge in [-0.2, -0.15) is 0 Å². The zero-order valence-corrected chi connectivity index (χ0v) is 16.9. The topological polar surface area (TPSA) is 47.0 Å². The van der Waals surface area contributed by atoms with Crippen LogP contribution in [0.2, 0.25) is 10.0 Å². The van der Waals surface area contributed by atoms with Gasteiger partial charge in [0.2, 0.25) is 9.84 Å². The van der Waals surface area contributed by atoms with Gasteiger partial charge in [-0.15, -0.1) is 0 Å². The molecule has 1 aromatic heterocycles. The Bertz CT molecular complexity index is 1370. The lowest BCUT2D eigenvalue weighted by atomic mass is 10.0. The molecule has 0 aliphatic heterocycles. The third kappa shape index (κ3) is 3.48. The Morgan fingerprint density at radius 1 is 0.862 bits per heavy atom. The molecule has 0 unspecified atom stereocenters. The van der Waals surface area contributed by atoms with Crippen molar-refractivity contribution in [2.45, 2.75) is 9.79 Å². The maximum absolute atomic E-state index is 14.3. The van der Waals surface area contributed by atoms with Gasteiger partial charge in [-0.1, -0.05) is 47.5 Å². The summed E-state index contributed by atoms with van der Waals surface area (Å²) in [4.78, 5) is 3.66. The van der Waals surface area contributed by atoms with Crippen LogP contribution in [0.4, 0.5) is 8.78 Å². The summed E-state index contributed by atoms with van der Waals surface area (Å²) in [6.45, 7) is 0. The van der Waals surface area contributed by atoms with E-state index in [2.05, 4.69) is 4.98 Å². The highest BCUT2D eigenvalue weighted by molar-refractivity contribution is 7.91. The molecule has 3 aromatic carbocycles. The molecule has 4 rings (SSSR count). The van der Waals surface area contributed by atoms with Crippen LogP contribution in [-0.4, -0.2) is 13.4 Å². The van der Waals surface area contributed by atoms with Crippen LogP contribution in [0.1, 0.15) is 0 Å². The van der Waals surface area contributed by atoms with Crippen molar-refractivity contribution in [1.29, 1.82) is 0 Å².